The molecule has 1 aromatic heterocycles. The molecule has 1 saturated heterocycles. The summed E-state index contributed by atoms with van der Waals surface area (Å²) < 4.78 is 30.2. The average molecular weight is 553 g/mol. The molecule has 4 aromatic rings. The summed E-state index contributed by atoms with van der Waals surface area (Å²) in [6.07, 6.45) is 0. The number of aromatic nitrogens is 2. The van der Waals surface area contributed by atoms with Crippen LogP contribution in [0, 0.1) is 0 Å². The molecule has 180 valence electrons. The van der Waals surface area contributed by atoms with Gasteiger partial charge in [-0.1, -0.05) is 46.3 Å². The Labute approximate surface area is 212 Å². The summed E-state index contributed by atoms with van der Waals surface area (Å²) in [5, 5.41) is 0.560. The number of hydrogen-bond donors (Lipinski definition) is 0. The van der Waals surface area contributed by atoms with E-state index in [1.165, 1.54) is 4.31 Å². The van der Waals surface area contributed by atoms with Gasteiger partial charge in [0.15, 0.2) is 0 Å². The maximum atomic E-state index is 13.6. The van der Waals surface area contributed by atoms with Crippen molar-refractivity contribution in [2.75, 3.05) is 26.2 Å². The van der Waals surface area contributed by atoms with E-state index in [9.17, 15) is 13.2 Å². The molecule has 0 amide bonds. The highest BCUT2D eigenvalue weighted by atomic mass is 79.9. The van der Waals surface area contributed by atoms with Gasteiger partial charge in [0.2, 0.25) is 10.0 Å². The highest BCUT2D eigenvalue weighted by molar-refractivity contribution is 9.10. The summed E-state index contributed by atoms with van der Waals surface area (Å²) in [7, 11) is -3.54. The van der Waals surface area contributed by atoms with E-state index in [0.717, 1.165) is 10.2 Å². The predicted octanol–water partition coefficient (Wildman–Crippen LogP) is 4.22. The van der Waals surface area contributed by atoms with Gasteiger partial charge in [-0.2, -0.15) is 4.31 Å². The first-order valence-electron chi connectivity index (χ1n) is 11.4. The third-order valence-corrected chi connectivity index (χ3v) is 8.90. The molecule has 1 aliphatic heterocycles. The Hall–Kier alpha value is -2.85. The average Bonchev–Trinajstić information content (AvgIpc) is 2.89. The first kappa shape index (κ1) is 23.9. The number of sulfonamides is 1. The van der Waals surface area contributed by atoms with E-state index in [0.29, 0.717) is 47.8 Å². The maximum Gasteiger partial charge on any atom is 0.266 e. The summed E-state index contributed by atoms with van der Waals surface area (Å²) in [5.41, 5.74) is 1.27. The lowest BCUT2D eigenvalue weighted by molar-refractivity contribution is 0.140. The van der Waals surface area contributed by atoms with Crippen LogP contribution in [0.25, 0.3) is 16.6 Å². The van der Waals surface area contributed by atoms with Crippen LogP contribution < -0.4 is 5.56 Å². The van der Waals surface area contributed by atoms with Crippen molar-refractivity contribution in [2.45, 2.75) is 17.9 Å². The van der Waals surface area contributed by atoms with Crippen LogP contribution in [-0.2, 0) is 10.0 Å². The molecular weight excluding hydrogens is 528 g/mol. The zero-order chi connectivity index (χ0) is 24.6. The molecule has 1 fully saturated rings. The van der Waals surface area contributed by atoms with Gasteiger partial charge in [0.05, 0.1) is 27.5 Å². The molecule has 7 nitrogen and oxygen atoms in total. The van der Waals surface area contributed by atoms with Gasteiger partial charge in [0, 0.05) is 30.7 Å². The van der Waals surface area contributed by atoms with E-state index in [1.54, 1.807) is 41.0 Å². The normalized spacial score (nSPS) is 16.4. The van der Waals surface area contributed by atoms with Crippen molar-refractivity contribution in [3.63, 3.8) is 0 Å². The van der Waals surface area contributed by atoms with Gasteiger partial charge in [-0.15, -0.1) is 0 Å². The van der Waals surface area contributed by atoms with Gasteiger partial charge in [-0.05, 0) is 55.5 Å². The van der Waals surface area contributed by atoms with Gasteiger partial charge >= 0.3 is 0 Å². The third-order valence-electron chi connectivity index (χ3n) is 6.46. The molecule has 0 radical (unpaired) electrons. The first-order valence-corrected chi connectivity index (χ1v) is 13.7. The Morgan fingerprint density at radius 3 is 2.17 bits per heavy atom. The predicted molar refractivity (Wildman–Crippen MR) is 140 cm³/mol. The molecule has 3 aromatic carbocycles. The van der Waals surface area contributed by atoms with Gasteiger partial charge < -0.3 is 0 Å². The molecule has 1 aliphatic rings. The lowest BCUT2D eigenvalue weighted by Gasteiger charge is -2.37. The minimum Gasteiger partial charge on any atom is -0.291 e. The Balaban J connectivity index is 1.47. The number of fused-ring (bicyclic) bond motifs is 1. The van der Waals surface area contributed by atoms with E-state index in [1.807, 2.05) is 49.4 Å². The molecule has 1 atom stereocenters. The number of piperazine rings is 1. The Morgan fingerprint density at radius 1 is 0.857 bits per heavy atom. The summed E-state index contributed by atoms with van der Waals surface area (Å²) in [5.74, 6) is 0.635. The monoisotopic (exact) mass is 552 g/mol. The van der Waals surface area contributed by atoms with Crippen molar-refractivity contribution in [3.8, 4) is 5.69 Å². The number of rotatable bonds is 5. The van der Waals surface area contributed by atoms with Crippen LogP contribution in [0.5, 0.6) is 0 Å². The van der Waals surface area contributed by atoms with Crippen molar-refractivity contribution in [3.05, 3.63) is 99.5 Å². The van der Waals surface area contributed by atoms with Crippen LogP contribution in [0.2, 0.25) is 0 Å². The number of nitrogens with zero attached hydrogens (tertiary/aromatic N) is 4. The minimum atomic E-state index is -3.54. The Kier molecular flexibility index (Phi) is 6.59. The van der Waals surface area contributed by atoms with Crippen molar-refractivity contribution < 1.29 is 8.42 Å². The summed E-state index contributed by atoms with van der Waals surface area (Å²) in [6.45, 7) is 3.84. The zero-order valence-electron chi connectivity index (χ0n) is 19.2. The van der Waals surface area contributed by atoms with E-state index < -0.39 is 10.0 Å². The van der Waals surface area contributed by atoms with E-state index >= 15 is 0 Å². The minimum absolute atomic E-state index is 0.120. The van der Waals surface area contributed by atoms with Crippen molar-refractivity contribution >= 4 is 36.9 Å². The van der Waals surface area contributed by atoms with Crippen LogP contribution in [0.3, 0.4) is 0 Å². The van der Waals surface area contributed by atoms with Crippen molar-refractivity contribution in [1.29, 1.82) is 0 Å². The van der Waals surface area contributed by atoms with Gasteiger partial charge in [0.1, 0.15) is 5.82 Å². The number of para-hydroxylation sites is 1. The zero-order valence-corrected chi connectivity index (χ0v) is 21.6. The quantitative estimate of drug-likeness (QED) is 0.370. The number of halogens is 1. The molecule has 2 heterocycles. The Morgan fingerprint density at radius 2 is 1.49 bits per heavy atom. The molecule has 0 aliphatic carbocycles. The lowest BCUT2D eigenvalue weighted by atomic mass is 10.1. The second kappa shape index (κ2) is 9.66. The first-order chi connectivity index (χ1) is 16.9. The number of benzene rings is 3. The summed E-state index contributed by atoms with van der Waals surface area (Å²) in [4.78, 5) is 21.0. The van der Waals surface area contributed by atoms with Crippen LogP contribution >= 0.6 is 15.9 Å². The van der Waals surface area contributed by atoms with E-state index in [-0.39, 0.29) is 11.6 Å². The molecule has 35 heavy (non-hydrogen) atoms. The molecule has 1 unspecified atom stereocenters. The molecule has 9 heteroatoms. The topological polar surface area (TPSA) is 75.5 Å². The fraction of sp³-hybridized carbons (Fsp3) is 0.231. The standard InChI is InChI=1S/C26H25BrN4O3S/c1-19(29-15-17-30(18-16-29)35(33,34)22-7-3-2-4-8-22)25-28-24-10-6-5-9-23(24)26(32)31(25)21-13-11-20(27)12-14-21/h2-14,19H,15-18H2,1H3. The summed E-state index contributed by atoms with van der Waals surface area (Å²) >= 11 is 3.46. The van der Waals surface area contributed by atoms with Crippen LogP contribution in [0.1, 0.15) is 18.8 Å². The van der Waals surface area contributed by atoms with Gasteiger partial charge in [-0.25, -0.2) is 13.4 Å². The van der Waals surface area contributed by atoms with E-state index in [4.69, 9.17) is 4.98 Å². The third kappa shape index (κ3) is 4.56. The van der Waals surface area contributed by atoms with Crippen LogP contribution in [0.4, 0.5) is 0 Å². The number of hydrogen-bond acceptors (Lipinski definition) is 5. The molecule has 0 saturated carbocycles. The second-order valence-electron chi connectivity index (χ2n) is 8.53. The Bertz CT molecular complexity index is 1510. The van der Waals surface area contributed by atoms with Crippen molar-refractivity contribution in [2.24, 2.45) is 0 Å². The smallest absolute Gasteiger partial charge is 0.266 e. The van der Waals surface area contributed by atoms with Crippen LogP contribution in [0.15, 0.2) is 93.0 Å². The fourth-order valence-corrected chi connectivity index (χ4v) is 6.21. The molecule has 0 N–H and O–H groups in total. The summed E-state index contributed by atoms with van der Waals surface area (Å²) in [6, 6.07) is 23.3. The van der Waals surface area contributed by atoms with Crippen LogP contribution in [-0.4, -0.2) is 53.4 Å². The van der Waals surface area contributed by atoms with Gasteiger partial charge in [-0.3, -0.25) is 14.3 Å². The lowest BCUT2D eigenvalue weighted by Crippen LogP contribution is -2.49. The molecule has 5 rings (SSSR count). The van der Waals surface area contributed by atoms with Gasteiger partial charge in [0.25, 0.3) is 5.56 Å². The highest BCUT2D eigenvalue weighted by Gasteiger charge is 2.32. The molecule has 0 bridgehead atoms. The van der Waals surface area contributed by atoms with E-state index in [2.05, 4.69) is 20.8 Å². The fourth-order valence-electron chi connectivity index (χ4n) is 4.51. The molecular formula is C26H25BrN4O3S. The van der Waals surface area contributed by atoms with Crippen molar-refractivity contribution in [1.82, 2.24) is 18.8 Å². The highest BCUT2D eigenvalue weighted by Crippen LogP contribution is 2.26. The second-order valence-corrected chi connectivity index (χ2v) is 11.4. The maximum absolute atomic E-state index is 13.6. The molecule has 0 spiro atoms. The largest absolute Gasteiger partial charge is 0.291 e. The SMILES string of the molecule is CC(c1nc2ccccc2c(=O)n1-c1ccc(Br)cc1)N1CCN(S(=O)(=O)c2ccccc2)CC1.